The van der Waals surface area contributed by atoms with Gasteiger partial charge in [0.25, 0.3) is 0 Å². The first-order chi connectivity index (χ1) is 7.76. The van der Waals surface area contributed by atoms with Crippen molar-refractivity contribution < 1.29 is 9.84 Å². The number of rotatable bonds is 7. The zero-order chi connectivity index (χ0) is 11.8. The Morgan fingerprint density at radius 2 is 2.31 bits per heavy atom. The van der Waals surface area contributed by atoms with Crippen LogP contribution in [-0.4, -0.2) is 34.8 Å². The highest BCUT2D eigenvalue weighted by atomic mass is 16.5. The second kappa shape index (κ2) is 7.00. The smallest absolute Gasteiger partial charge is 0.218 e. The highest BCUT2D eigenvalue weighted by Crippen LogP contribution is 2.11. The van der Waals surface area contributed by atoms with Crippen molar-refractivity contribution in [2.75, 3.05) is 25.1 Å². The van der Waals surface area contributed by atoms with E-state index in [0.29, 0.717) is 19.0 Å². The zero-order valence-corrected chi connectivity index (χ0v) is 9.81. The Kier molecular flexibility index (Phi) is 5.56. The summed E-state index contributed by atoms with van der Waals surface area (Å²) in [5.74, 6) is 1.51. The van der Waals surface area contributed by atoms with Crippen molar-refractivity contribution in [3.05, 3.63) is 12.4 Å². The van der Waals surface area contributed by atoms with E-state index in [1.54, 1.807) is 6.07 Å². The van der Waals surface area contributed by atoms with Gasteiger partial charge in [-0.1, -0.05) is 13.8 Å². The van der Waals surface area contributed by atoms with Gasteiger partial charge in [0, 0.05) is 19.2 Å². The lowest BCUT2D eigenvalue weighted by molar-refractivity contribution is 0.244. The van der Waals surface area contributed by atoms with E-state index >= 15 is 0 Å². The molecule has 1 heterocycles. The van der Waals surface area contributed by atoms with E-state index in [4.69, 9.17) is 9.84 Å². The number of nitrogens with one attached hydrogen (secondary N) is 1. The van der Waals surface area contributed by atoms with Crippen LogP contribution in [0.15, 0.2) is 12.4 Å². The molecule has 90 valence electrons. The average Bonchev–Trinajstić information content (AvgIpc) is 2.34. The predicted octanol–water partition coefficient (Wildman–Crippen LogP) is 1.31. The normalized spacial score (nSPS) is 12.2. The summed E-state index contributed by atoms with van der Waals surface area (Å²) >= 11 is 0. The van der Waals surface area contributed by atoms with E-state index in [0.717, 1.165) is 12.2 Å². The molecular formula is C11H19N3O2. The number of aliphatic hydroxyl groups excluding tert-OH is 1. The molecule has 5 heteroatoms. The highest BCUT2D eigenvalue weighted by molar-refractivity contribution is 5.36. The summed E-state index contributed by atoms with van der Waals surface area (Å²) in [5.41, 5.74) is 0. The van der Waals surface area contributed by atoms with Crippen LogP contribution in [0.2, 0.25) is 0 Å². The summed E-state index contributed by atoms with van der Waals surface area (Å²) in [7, 11) is 0. The Morgan fingerprint density at radius 1 is 1.50 bits per heavy atom. The fourth-order valence-electron chi connectivity index (χ4n) is 1.07. The molecule has 0 saturated heterocycles. The summed E-state index contributed by atoms with van der Waals surface area (Å²) < 4.78 is 5.39. The van der Waals surface area contributed by atoms with Gasteiger partial charge in [0.05, 0.1) is 6.61 Å². The second-order valence-electron chi connectivity index (χ2n) is 3.76. The molecule has 0 aliphatic carbocycles. The van der Waals surface area contributed by atoms with Gasteiger partial charge in [-0.2, -0.15) is 0 Å². The number of aliphatic hydroxyl groups is 1. The molecule has 0 fully saturated rings. The first-order valence-electron chi connectivity index (χ1n) is 5.55. The maximum absolute atomic E-state index is 8.89. The minimum Gasteiger partial charge on any atom is -0.478 e. The molecule has 2 N–H and O–H groups in total. The monoisotopic (exact) mass is 225 g/mol. The van der Waals surface area contributed by atoms with E-state index in [1.165, 1.54) is 6.33 Å². The second-order valence-corrected chi connectivity index (χ2v) is 3.76. The molecule has 0 aromatic carbocycles. The molecule has 5 nitrogen and oxygen atoms in total. The van der Waals surface area contributed by atoms with Gasteiger partial charge in [0.2, 0.25) is 5.88 Å². The van der Waals surface area contributed by atoms with E-state index in [2.05, 4.69) is 15.3 Å². The fourth-order valence-corrected chi connectivity index (χ4v) is 1.07. The van der Waals surface area contributed by atoms with Crippen LogP contribution in [0.4, 0.5) is 5.82 Å². The molecule has 0 spiro atoms. The van der Waals surface area contributed by atoms with Crippen LogP contribution in [0.3, 0.4) is 0 Å². The largest absolute Gasteiger partial charge is 0.478 e. The van der Waals surface area contributed by atoms with Crippen LogP contribution < -0.4 is 10.1 Å². The predicted molar refractivity (Wildman–Crippen MR) is 62.6 cm³/mol. The molecule has 0 amide bonds. The van der Waals surface area contributed by atoms with Gasteiger partial charge in [-0.25, -0.2) is 9.97 Å². The van der Waals surface area contributed by atoms with E-state index < -0.39 is 0 Å². The van der Waals surface area contributed by atoms with Gasteiger partial charge in [-0.3, -0.25) is 0 Å². The molecule has 0 saturated carbocycles. The van der Waals surface area contributed by atoms with Crippen molar-refractivity contribution in [2.24, 2.45) is 5.92 Å². The molecule has 1 aromatic heterocycles. The highest BCUT2D eigenvalue weighted by Gasteiger charge is 2.02. The van der Waals surface area contributed by atoms with Crippen molar-refractivity contribution in [1.29, 1.82) is 0 Å². The van der Waals surface area contributed by atoms with Gasteiger partial charge in [-0.05, 0) is 12.3 Å². The van der Waals surface area contributed by atoms with Crippen molar-refractivity contribution >= 4 is 5.82 Å². The minimum atomic E-state index is 0.164. The van der Waals surface area contributed by atoms with Crippen LogP contribution in [0.25, 0.3) is 0 Å². The summed E-state index contributed by atoms with van der Waals surface area (Å²) in [4.78, 5) is 8.07. The van der Waals surface area contributed by atoms with Gasteiger partial charge in [-0.15, -0.1) is 0 Å². The SMILES string of the molecule is CCCOc1cc(NCC(C)CO)ncn1. The lowest BCUT2D eigenvalue weighted by atomic mass is 10.2. The summed E-state index contributed by atoms with van der Waals surface area (Å²) in [6, 6.07) is 1.76. The molecule has 1 unspecified atom stereocenters. The van der Waals surface area contributed by atoms with Crippen molar-refractivity contribution in [3.8, 4) is 5.88 Å². The van der Waals surface area contributed by atoms with E-state index in [1.807, 2.05) is 13.8 Å². The zero-order valence-electron chi connectivity index (χ0n) is 9.81. The third-order valence-electron chi connectivity index (χ3n) is 2.04. The van der Waals surface area contributed by atoms with E-state index in [9.17, 15) is 0 Å². The topological polar surface area (TPSA) is 67.3 Å². The molecule has 0 aliphatic heterocycles. The maximum atomic E-state index is 8.89. The lowest BCUT2D eigenvalue weighted by Gasteiger charge is -2.10. The molecule has 0 radical (unpaired) electrons. The first-order valence-corrected chi connectivity index (χ1v) is 5.55. The Balaban J connectivity index is 2.46. The summed E-state index contributed by atoms with van der Waals surface area (Å²) in [6.07, 6.45) is 2.42. The number of anilines is 1. The van der Waals surface area contributed by atoms with Crippen LogP contribution >= 0.6 is 0 Å². The van der Waals surface area contributed by atoms with Gasteiger partial charge in [0.15, 0.2) is 0 Å². The van der Waals surface area contributed by atoms with Crippen molar-refractivity contribution in [3.63, 3.8) is 0 Å². The van der Waals surface area contributed by atoms with Crippen LogP contribution in [0.5, 0.6) is 5.88 Å². The molecular weight excluding hydrogens is 206 g/mol. The lowest BCUT2D eigenvalue weighted by Crippen LogP contribution is -2.15. The molecule has 1 aromatic rings. The Bertz CT molecular complexity index is 307. The molecule has 1 atom stereocenters. The van der Waals surface area contributed by atoms with Crippen molar-refractivity contribution in [2.45, 2.75) is 20.3 Å². The molecule has 16 heavy (non-hydrogen) atoms. The molecule has 1 rings (SSSR count). The third-order valence-corrected chi connectivity index (χ3v) is 2.04. The number of hydrogen-bond acceptors (Lipinski definition) is 5. The van der Waals surface area contributed by atoms with Crippen LogP contribution in [0, 0.1) is 5.92 Å². The number of ether oxygens (including phenoxy) is 1. The van der Waals surface area contributed by atoms with Crippen LogP contribution in [0.1, 0.15) is 20.3 Å². The minimum absolute atomic E-state index is 0.164. The summed E-state index contributed by atoms with van der Waals surface area (Å²) in [6.45, 7) is 5.51. The average molecular weight is 225 g/mol. The fraction of sp³-hybridized carbons (Fsp3) is 0.636. The number of aromatic nitrogens is 2. The third kappa shape index (κ3) is 4.44. The first kappa shape index (κ1) is 12.7. The summed E-state index contributed by atoms with van der Waals surface area (Å²) in [5, 5.41) is 12.0. The van der Waals surface area contributed by atoms with Crippen LogP contribution in [-0.2, 0) is 0 Å². The molecule has 0 aliphatic rings. The maximum Gasteiger partial charge on any atom is 0.218 e. The van der Waals surface area contributed by atoms with Gasteiger partial charge >= 0.3 is 0 Å². The standard InChI is InChI=1S/C11H19N3O2/c1-3-4-16-11-5-10(13-8-14-11)12-6-9(2)7-15/h5,8-9,15H,3-4,6-7H2,1-2H3,(H,12,13,14). The number of nitrogens with zero attached hydrogens (tertiary/aromatic N) is 2. The van der Waals surface area contributed by atoms with E-state index in [-0.39, 0.29) is 12.5 Å². The van der Waals surface area contributed by atoms with Gasteiger partial charge in [0.1, 0.15) is 12.1 Å². The van der Waals surface area contributed by atoms with Gasteiger partial charge < -0.3 is 15.2 Å². The Morgan fingerprint density at radius 3 is 3.00 bits per heavy atom. The quantitative estimate of drug-likeness (QED) is 0.732. The molecule has 0 bridgehead atoms. The Hall–Kier alpha value is -1.36. The van der Waals surface area contributed by atoms with Crippen molar-refractivity contribution in [1.82, 2.24) is 9.97 Å². The Labute approximate surface area is 95.9 Å². The number of hydrogen-bond donors (Lipinski definition) is 2.